The molecule has 2 fully saturated rings. The van der Waals surface area contributed by atoms with Crippen molar-refractivity contribution in [2.45, 2.75) is 32.1 Å². The van der Waals surface area contributed by atoms with E-state index >= 15 is 0 Å². The number of benzene rings is 1. The van der Waals surface area contributed by atoms with Crippen LogP contribution in [0.2, 0.25) is 0 Å². The molecule has 2 saturated heterocycles. The van der Waals surface area contributed by atoms with Crippen molar-refractivity contribution in [3.63, 3.8) is 0 Å². The smallest absolute Gasteiger partial charge is 0.379 e. The number of hydrogen-bond donors (Lipinski definition) is 2. The second-order valence-corrected chi connectivity index (χ2v) is 8.53. The first-order valence-corrected chi connectivity index (χ1v) is 11.0. The van der Waals surface area contributed by atoms with Gasteiger partial charge in [-0.05, 0) is 30.0 Å². The van der Waals surface area contributed by atoms with Crippen LogP contribution in [-0.2, 0) is 17.5 Å². The van der Waals surface area contributed by atoms with E-state index in [1.807, 2.05) is 0 Å². The summed E-state index contributed by atoms with van der Waals surface area (Å²) in [5.74, 6) is 1.30. The maximum atomic E-state index is 12.7. The van der Waals surface area contributed by atoms with Gasteiger partial charge >= 0.3 is 6.18 Å². The minimum atomic E-state index is -4.29. The Morgan fingerprint density at radius 3 is 2.47 bits per heavy atom. The van der Waals surface area contributed by atoms with Gasteiger partial charge in [-0.1, -0.05) is 19.1 Å². The largest absolute Gasteiger partial charge is 0.416 e. The molecular formula is C22H35F3IN5O. The van der Waals surface area contributed by atoms with Crippen molar-refractivity contribution in [2.24, 2.45) is 10.9 Å². The highest BCUT2D eigenvalue weighted by Gasteiger charge is 2.30. The van der Waals surface area contributed by atoms with Crippen LogP contribution in [0.1, 0.15) is 24.5 Å². The molecule has 1 aromatic carbocycles. The molecule has 2 aliphatic heterocycles. The molecule has 2 aliphatic rings. The molecule has 10 heteroatoms. The van der Waals surface area contributed by atoms with Gasteiger partial charge < -0.3 is 15.4 Å². The lowest BCUT2D eigenvalue weighted by molar-refractivity contribution is -0.137. The van der Waals surface area contributed by atoms with Gasteiger partial charge in [0, 0.05) is 58.9 Å². The summed E-state index contributed by atoms with van der Waals surface area (Å²) in [7, 11) is 1.77. The Hall–Kier alpha value is -1.11. The van der Waals surface area contributed by atoms with Gasteiger partial charge in [-0.25, -0.2) is 0 Å². The third kappa shape index (κ3) is 8.68. The van der Waals surface area contributed by atoms with Crippen LogP contribution < -0.4 is 10.6 Å². The lowest BCUT2D eigenvalue weighted by atomic mass is 10.1. The molecule has 2 N–H and O–H groups in total. The van der Waals surface area contributed by atoms with Crippen LogP contribution in [0.3, 0.4) is 0 Å². The molecule has 2 heterocycles. The SMILES string of the molecule is CN=C(NCC(C)CN1CCOCC1)NC1CCN(Cc2ccc(C(F)(F)F)cc2)C1.I. The highest BCUT2D eigenvalue weighted by atomic mass is 127. The molecule has 6 nitrogen and oxygen atoms in total. The summed E-state index contributed by atoms with van der Waals surface area (Å²) in [6.45, 7) is 10.1. The van der Waals surface area contributed by atoms with Gasteiger partial charge in [0.25, 0.3) is 0 Å². The summed E-state index contributed by atoms with van der Waals surface area (Å²) in [4.78, 5) is 9.04. The lowest BCUT2D eigenvalue weighted by Crippen LogP contribution is -2.47. The zero-order chi connectivity index (χ0) is 22.3. The Kier molecular flexibility index (Phi) is 11.0. The first kappa shape index (κ1) is 27.1. The number of hydrogen-bond acceptors (Lipinski definition) is 4. The highest BCUT2D eigenvalue weighted by molar-refractivity contribution is 14.0. The summed E-state index contributed by atoms with van der Waals surface area (Å²) in [5, 5.41) is 6.91. The fraction of sp³-hybridized carbons (Fsp3) is 0.682. The number of guanidine groups is 1. The molecule has 2 unspecified atom stereocenters. The third-order valence-corrected chi connectivity index (χ3v) is 5.82. The predicted octanol–water partition coefficient (Wildman–Crippen LogP) is 3.03. The molecule has 0 aliphatic carbocycles. The zero-order valence-electron chi connectivity index (χ0n) is 18.8. The van der Waals surface area contributed by atoms with Gasteiger partial charge in [-0.15, -0.1) is 24.0 Å². The van der Waals surface area contributed by atoms with E-state index in [2.05, 4.69) is 32.3 Å². The molecular weight excluding hydrogens is 534 g/mol. The minimum Gasteiger partial charge on any atom is -0.379 e. The minimum absolute atomic E-state index is 0. The molecule has 32 heavy (non-hydrogen) atoms. The van der Waals surface area contributed by atoms with Crippen LogP contribution in [0, 0.1) is 5.92 Å². The number of nitrogens with one attached hydrogen (secondary N) is 2. The van der Waals surface area contributed by atoms with Crippen molar-refractivity contribution in [2.75, 3.05) is 59.5 Å². The average Bonchev–Trinajstić information content (AvgIpc) is 3.18. The van der Waals surface area contributed by atoms with Gasteiger partial charge in [0.15, 0.2) is 5.96 Å². The van der Waals surface area contributed by atoms with Gasteiger partial charge in [-0.2, -0.15) is 13.2 Å². The molecule has 3 rings (SSSR count). The van der Waals surface area contributed by atoms with Crippen LogP contribution in [0.4, 0.5) is 13.2 Å². The Bertz CT molecular complexity index is 711. The molecule has 0 radical (unpaired) electrons. The molecule has 2 atom stereocenters. The van der Waals surface area contributed by atoms with Gasteiger partial charge in [0.1, 0.15) is 0 Å². The first-order chi connectivity index (χ1) is 14.8. The van der Waals surface area contributed by atoms with E-state index in [0.717, 1.165) is 82.6 Å². The Morgan fingerprint density at radius 1 is 1.16 bits per heavy atom. The van der Waals surface area contributed by atoms with Crippen LogP contribution in [0.5, 0.6) is 0 Å². The second kappa shape index (κ2) is 13.0. The van der Waals surface area contributed by atoms with Crippen LogP contribution in [-0.4, -0.2) is 81.3 Å². The second-order valence-electron chi connectivity index (χ2n) is 8.53. The summed E-state index contributed by atoms with van der Waals surface area (Å²) < 4.78 is 43.6. The number of likely N-dealkylation sites (tertiary alicyclic amines) is 1. The zero-order valence-corrected chi connectivity index (χ0v) is 21.2. The van der Waals surface area contributed by atoms with E-state index in [4.69, 9.17) is 4.74 Å². The molecule has 0 aromatic heterocycles. The van der Waals surface area contributed by atoms with E-state index < -0.39 is 11.7 Å². The Balaban J connectivity index is 0.00000363. The van der Waals surface area contributed by atoms with Crippen molar-refractivity contribution in [3.8, 4) is 0 Å². The number of alkyl halides is 3. The highest BCUT2D eigenvalue weighted by Crippen LogP contribution is 2.29. The van der Waals surface area contributed by atoms with Crippen molar-refractivity contribution in [3.05, 3.63) is 35.4 Å². The van der Waals surface area contributed by atoms with Crippen LogP contribution >= 0.6 is 24.0 Å². The Morgan fingerprint density at radius 2 is 1.84 bits per heavy atom. The molecule has 1 aromatic rings. The Labute approximate surface area is 206 Å². The number of aliphatic imine (C=N–C) groups is 1. The number of morpholine rings is 1. The van der Waals surface area contributed by atoms with Crippen molar-refractivity contribution in [1.82, 2.24) is 20.4 Å². The normalized spacial score (nSPS) is 21.8. The first-order valence-electron chi connectivity index (χ1n) is 11.0. The molecule has 0 amide bonds. The third-order valence-electron chi connectivity index (χ3n) is 5.82. The quantitative estimate of drug-likeness (QED) is 0.301. The number of ether oxygens (including phenoxy) is 1. The van der Waals surface area contributed by atoms with E-state index in [-0.39, 0.29) is 30.0 Å². The van der Waals surface area contributed by atoms with E-state index in [1.165, 1.54) is 0 Å². The standard InChI is InChI=1S/C22H34F3N5O.HI/c1-17(14-29-9-11-31-12-10-29)13-27-21(26-2)28-20-7-8-30(16-20)15-18-3-5-19(6-4-18)22(23,24)25;/h3-6,17,20H,7-16H2,1-2H3,(H2,26,27,28);1H. The van der Waals surface area contributed by atoms with Gasteiger partial charge in [-0.3, -0.25) is 14.8 Å². The van der Waals surface area contributed by atoms with Crippen molar-refractivity contribution >= 4 is 29.9 Å². The number of rotatable bonds is 7. The van der Waals surface area contributed by atoms with Crippen LogP contribution in [0.15, 0.2) is 29.3 Å². The van der Waals surface area contributed by atoms with Gasteiger partial charge in [0.2, 0.25) is 0 Å². The summed E-state index contributed by atoms with van der Waals surface area (Å²) in [5.41, 5.74) is 0.294. The summed E-state index contributed by atoms with van der Waals surface area (Å²) in [6.07, 6.45) is -3.31. The fourth-order valence-corrected chi connectivity index (χ4v) is 4.10. The lowest BCUT2D eigenvalue weighted by Gasteiger charge is -2.29. The van der Waals surface area contributed by atoms with E-state index in [0.29, 0.717) is 12.5 Å². The average molecular weight is 569 g/mol. The summed E-state index contributed by atoms with van der Waals surface area (Å²) >= 11 is 0. The monoisotopic (exact) mass is 569 g/mol. The predicted molar refractivity (Wildman–Crippen MR) is 131 cm³/mol. The van der Waals surface area contributed by atoms with Gasteiger partial charge in [0.05, 0.1) is 18.8 Å². The number of halogens is 4. The molecule has 0 bridgehead atoms. The molecule has 0 saturated carbocycles. The molecule has 182 valence electrons. The summed E-state index contributed by atoms with van der Waals surface area (Å²) in [6, 6.07) is 5.73. The van der Waals surface area contributed by atoms with Crippen LogP contribution in [0.25, 0.3) is 0 Å². The van der Waals surface area contributed by atoms with E-state index in [1.54, 1.807) is 19.2 Å². The van der Waals surface area contributed by atoms with E-state index in [9.17, 15) is 13.2 Å². The number of nitrogens with zero attached hydrogens (tertiary/aromatic N) is 3. The fourth-order valence-electron chi connectivity index (χ4n) is 4.10. The van der Waals surface area contributed by atoms with Crippen molar-refractivity contribution < 1.29 is 17.9 Å². The topological polar surface area (TPSA) is 52.1 Å². The maximum Gasteiger partial charge on any atom is 0.416 e. The maximum absolute atomic E-state index is 12.7. The molecule has 0 spiro atoms. The van der Waals surface area contributed by atoms with Crippen molar-refractivity contribution in [1.29, 1.82) is 0 Å².